The molecule has 0 fully saturated rings. The zero-order chi connectivity index (χ0) is 9.82. The Balaban J connectivity index is 0. The van der Waals surface area contributed by atoms with Crippen molar-refractivity contribution in [1.82, 2.24) is 0 Å². The second-order valence-corrected chi connectivity index (χ2v) is 13.3. The zero-order valence-electron chi connectivity index (χ0n) is 7.17. The molecule has 1 rings (SSSR count). The summed E-state index contributed by atoms with van der Waals surface area (Å²) in [6.45, 7) is 4.00. The Labute approximate surface area is 104 Å². The van der Waals surface area contributed by atoms with Crippen LogP contribution in [0, 0.1) is 0 Å². The van der Waals surface area contributed by atoms with Crippen LogP contribution in [0.25, 0.3) is 0 Å². The van der Waals surface area contributed by atoms with Crippen LogP contribution >= 0.6 is 40.0 Å². The van der Waals surface area contributed by atoms with Crippen molar-refractivity contribution in [2.24, 2.45) is 0 Å². The molecule has 0 aliphatic rings. The van der Waals surface area contributed by atoms with E-state index in [-0.39, 0.29) is 0 Å². The van der Waals surface area contributed by atoms with Gasteiger partial charge < -0.3 is 5.73 Å². The SMILES string of the molecule is CC.Nc1ccccc1.[I][V][I]. The Hall–Kier alpha value is 1.06. The van der Waals surface area contributed by atoms with E-state index < -0.39 is 0 Å². The molecule has 4 heteroatoms. The third-order valence-corrected chi connectivity index (χ3v) is 0.800. The van der Waals surface area contributed by atoms with E-state index in [1.165, 1.54) is 0 Å². The van der Waals surface area contributed by atoms with E-state index in [1.807, 2.05) is 44.2 Å². The van der Waals surface area contributed by atoms with Gasteiger partial charge >= 0.3 is 49.4 Å². The minimum absolute atomic E-state index is 0.628. The summed E-state index contributed by atoms with van der Waals surface area (Å²) in [6, 6.07) is 9.49. The summed E-state index contributed by atoms with van der Waals surface area (Å²) >= 11 is 4.74. The van der Waals surface area contributed by atoms with E-state index >= 15 is 0 Å². The first-order chi connectivity index (χ1) is 5.81. The maximum atomic E-state index is 5.36. The first-order valence-corrected chi connectivity index (χ1v) is 12.5. The average Bonchev–Trinajstić information content (AvgIpc) is 2.11. The molecule has 0 atom stereocenters. The molecule has 2 N–H and O–H groups in total. The topological polar surface area (TPSA) is 26.0 Å². The van der Waals surface area contributed by atoms with Crippen LogP contribution in [0.15, 0.2) is 30.3 Å². The molecule has 0 spiro atoms. The van der Waals surface area contributed by atoms with Gasteiger partial charge in [-0.2, -0.15) is 0 Å². The van der Waals surface area contributed by atoms with E-state index in [2.05, 4.69) is 40.0 Å². The van der Waals surface area contributed by atoms with E-state index in [0.29, 0.717) is 9.47 Å². The van der Waals surface area contributed by atoms with Crippen molar-refractivity contribution >= 4 is 45.6 Å². The van der Waals surface area contributed by atoms with Gasteiger partial charge in [0.05, 0.1) is 0 Å². The number of rotatable bonds is 0. The first-order valence-electron chi connectivity index (χ1n) is 3.54. The fourth-order valence-electron chi connectivity index (χ4n) is 0.453. The van der Waals surface area contributed by atoms with E-state index in [1.54, 1.807) is 0 Å². The van der Waals surface area contributed by atoms with Crippen LogP contribution in [0.2, 0.25) is 0 Å². The van der Waals surface area contributed by atoms with E-state index in [0.717, 1.165) is 5.69 Å². The summed E-state index contributed by atoms with van der Waals surface area (Å²) < 4.78 is 0. The standard InChI is InChI=1S/C6H7N.C2H6.2HI.V/c7-6-4-2-1-3-5-6;1-2;;;/h1-5H,7H2;1-2H3;2*1H;/q;;;;+2/p-2. The van der Waals surface area contributed by atoms with Crippen LogP contribution in [0.1, 0.15) is 13.8 Å². The molecule has 0 amide bonds. The van der Waals surface area contributed by atoms with Crippen molar-refractivity contribution < 1.29 is 9.47 Å². The van der Waals surface area contributed by atoms with Gasteiger partial charge in [0.15, 0.2) is 0 Å². The second-order valence-electron chi connectivity index (χ2n) is 1.47. The molecule has 0 saturated heterocycles. The Kier molecular flexibility index (Phi) is 18.9. The van der Waals surface area contributed by atoms with Gasteiger partial charge in [-0.3, -0.25) is 0 Å². The molecule has 69 valence electrons. The van der Waals surface area contributed by atoms with Crippen molar-refractivity contribution in [3.05, 3.63) is 30.3 Å². The zero-order valence-corrected chi connectivity index (χ0v) is 12.9. The molecule has 1 aromatic carbocycles. The van der Waals surface area contributed by atoms with Gasteiger partial charge in [-0.25, -0.2) is 0 Å². The Morgan fingerprint density at radius 3 is 1.58 bits per heavy atom. The van der Waals surface area contributed by atoms with Gasteiger partial charge in [0.2, 0.25) is 0 Å². The first kappa shape index (κ1) is 15.5. The Morgan fingerprint density at radius 1 is 1.08 bits per heavy atom. The monoisotopic (exact) mass is 428 g/mol. The van der Waals surface area contributed by atoms with Crippen molar-refractivity contribution in [3.8, 4) is 0 Å². The van der Waals surface area contributed by atoms with Crippen molar-refractivity contribution in [2.45, 2.75) is 13.8 Å². The summed E-state index contributed by atoms with van der Waals surface area (Å²) in [5, 5.41) is 0. The third-order valence-electron chi connectivity index (χ3n) is 0.800. The second kappa shape index (κ2) is 14.6. The van der Waals surface area contributed by atoms with Crippen molar-refractivity contribution in [3.63, 3.8) is 0 Å². The summed E-state index contributed by atoms with van der Waals surface area (Å²) in [7, 11) is 0.628. The van der Waals surface area contributed by atoms with Crippen molar-refractivity contribution in [2.75, 3.05) is 5.73 Å². The predicted octanol–water partition coefficient (Wildman–Crippen LogP) is 4.06. The molecule has 1 nitrogen and oxygen atoms in total. The van der Waals surface area contributed by atoms with Crippen LogP contribution in [0.4, 0.5) is 5.69 Å². The molecule has 0 aliphatic heterocycles. The number of anilines is 1. The van der Waals surface area contributed by atoms with Gasteiger partial charge in [0, 0.05) is 5.69 Å². The Morgan fingerprint density at radius 2 is 1.42 bits per heavy atom. The van der Waals surface area contributed by atoms with Gasteiger partial charge in [-0.1, -0.05) is 32.0 Å². The molecule has 0 aliphatic carbocycles. The predicted molar refractivity (Wildman–Crippen MR) is 70.2 cm³/mol. The van der Waals surface area contributed by atoms with Crippen LogP contribution in [0.3, 0.4) is 0 Å². The fraction of sp³-hybridized carbons (Fsp3) is 0.250. The Bertz CT molecular complexity index is 158. The molecular weight excluding hydrogens is 415 g/mol. The van der Waals surface area contributed by atoms with Crippen LogP contribution in [-0.2, 0) is 9.47 Å². The van der Waals surface area contributed by atoms with Gasteiger partial charge in [-0.05, 0) is 12.1 Å². The van der Waals surface area contributed by atoms with Gasteiger partial charge in [0.1, 0.15) is 0 Å². The number of nitrogens with two attached hydrogens (primary N) is 1. The number of benzene rings is 1. The fourth-order valence-corrected chi connectivity index (χ4v) is 0.453. The van der Waals surface area contributed by atoms with Gasteiger partial charge in [-0.15, -0.1) is 0 Å². The molecule has 1 aromatic rings. The van der Waals surface area contributed by atoms with Crippen molar-refractivity contribution in [1.29, 1.82) is 0 Å². The number of hydrogen-bond donors (Lipinski definition) is 1. The molecule has 0 heterocycles. The van der Waals surface area contributed by atoms with Crippen LogP contribution in [-0.4, -0.2) is 0 Å². The van der Waals surface area contributed by atoms with E-state index in [9.17, 15) is 0 Å². The number of para-hydroxylation sites is 1. The summed E-state index contributed by atoms with van der Waals surface area (Å²) in [6.07, 6.45) is 0. The molecule has 0 aromatic heterocycles. The van der Waals surface area contributed by atoms with Gasteiger partial charge in [0.25, 0.3) is 0 Å². The summed E-state index contributed by atoms with van der Waals surface area (Å²) in [5.41, 5.74) is 6.18. The molecule has 0 saturated carbocycles. The summed E-state index contributed by atoms with van der Waals surface area (Å²) in [5.74, 6) is 0. The van der Waals surface area contributed by atoms with Crippen LogP contribution < -0.4 is 5.73 Å². The number of halogens is 2. The normalized spacial score (nSPS) is 6.67. The minimum atomic E-state index is 0.628. The number of hydrogen-bond acceptors (Lipinski definition) is 1. The molecule has 12 heavy (non-hydrogen) atoms. The molecule has 0 radical (unpaired) electrons. The summed E-state index contributed by atoms with van der Waals surface area (Å²) in [4.78, 5) is 0. The third kappa shape index (κ3) is 13.6. The molecule has 0 unspecified atom stereocenters. The van der Waals surface area contributed by atoms with Crippen LogP contribution in [0.5, 0.6) is 0 Å². The maximum absolute atomic E-state index is 5.36. The number of nitrogen functional groups attached to an aromatic ring is 1. The van der Waals surface area contributed by atoms with E-state index in [4.69, 9.17) is 5.73 Å². The molecule has 0 bridgehead atoms. The quantitative estimate of drug-likeness (QED) is 0.490. The average molecular weight is 428 g/mol. The molecular formula is C8H13I2NV.